The average molecular weight is 432 g/mol. The number of likely N-dealkylation sites (tertiary alicyclic amines) is 1. The largest absolute Gasteiger partial charge is 0.353 e. The predicted molar refractivity (Wildman–Crippen MR) is 126 cm³/mol. The van der Waals surface area contributed by atoms with Crippen molar-refractivity contribution in [1.29, 1.82) is 0 Å². The van der Waals surface area contributed by atoms with Gasteiger partial charge in [-0.3, -0.25) is 9.59 Å². The number of aryl methyl sites for hydroxylation is 2. The summed E-state index contributed by atoms with van der Waals surface area (Å²) in [5.41, 5.74) is 4.94. The van der Waals surface area contributed by atoms with Gasteiger partial charge in [-0.2, -0.15) is 0 Å². The minimum atomic E-state index is -0.178. The first-order valence-electron chi connectivity index (χ1n) is 12.1. The van der Waals surface area contributed by atoms with E-state index >= 15 is 0 Å². The Bertz CT molecular complexity index is 970. The predicted octanol–water partition coefficient (Wildman–Crippen LogP) is 3.57. The van der Waals surface area contributed by atoms with Crippen molar-refractivity contribution in [3.05, 3.63) is 65.2 Å². The molecule has 1 saturated heterocycles. The molecule has 1 heterocycles. The minimum absolute atomic E-state index is 0.0385. The molecule has 2 atom stereocenters. The smallest absolute Gasteiger partial charge is 0.228 e. The molecule has 32 heavy (non-hydrogen) atoms. The van der Waals surface area contributed by atoms with Gasteiger partial charge >= 0.3 is 0 Å². The van der Waals surface area contributed by atoms with Crippen molar-refractivity contribution in [2.75, 3.05) is 25.0 Å². The van der Waals surface area contributed by atoms with Crippen LogP contribution in [-0.4, -0.2) is 42.4 Å². The van der Waals surface area contributed by atoms with Gasteiger partial charge in [-0.15, -0.1) is 0 Å². The standard InChI is InChI=1S/C27H33N3O2/c31-26(28-24-11-12-24)22-15-23(18-30(17-22)14-13-19-5-2-1-3-6-19)27(32)29-25-10-9-20-7-4-8-21(20)16-25/h1-3,5-6,9-10,16,22-24H,4,7-8,11-15,17-18H2,(H,28,31)(H,29,32)/t22-,23+/m0/s1. The molecule has 0 spiro atoms. The Morgan fingerprint density at radius 2 is 1.66 bits per heavy atom. The summed E-state index contributed by atoms with van der Waals surface area (Å²) in [6.45, 7) is 2.30. The normalized spacial score (nSPS) is 22.9. The Balaban J connectivity index is 1.25. The van der Waals surface area contributed by atoms with E-state index in [0.717, 1.165) is 50.9 Å². The van der Waals surface area contributed by atoms with Crippen molar-refractivity contribution in [3.63, 3.8) is 0 Å². The van der Waals surface area contributed by atoms with E-state index in [2.05, 4.69) is 51.9 Å². The van der Waals surface area contributed by atoms with Crippen molar-refractivity contribution >= 4 is 17.5 Å². The SMILES string of the molecule is O=C(Nc1ccc2c(c1)CCC2)[C@@H]1C[C@H](C(=O)NC2CC2)CN(CCc2ccccc2)C1. The fraction of sp³-hybridized carbons (Fsp3) is 0.481. The van der Waals surface area contributed by atoms with Crippen LogP contribution in [0.4, 0.5) is 5.69 Å². The van der Waals surface area contributed by atoms with Crippen LogP contribution in [-0.2, 0) is 28.9 Å². The van der Waals surface area contributed by atoms with Crippen LogP contribution in [0.3, 0.4) is 0 Å². The Labute approximate surface area is 190 Å². The lowest BCUT2D eigenvalue weighted by molar-refractivity contribution is -0.130. The summed E-state index contributed by atoms with van der Waals surface area (Å²) in [4.78, 5) is 28.4. The number of carbonyl (C=O) groups is 2. The van der Waals surface area contributed by atoms with Gasteiger partial charge in [0.05, 0.1) is 11.8 Å². The summed E-state index contributed by atoms with van der Waals surface area (Å²) in [6.07, 6.45) is 7.15. The maximum Gasteiger partial charge on any atom is 0.228 e. The molecule has 2 N–H and O–H groups in total. The van der Waals surface area contributed by atoms with Crippen molar-refractivity contribution < 1.29 is 9.59 Å². The molecular formula is C27H33N3O2. The van der Waals surface area contributed by atoms with Gasteiger partial charge in [-0.05, 0) is 73.8 Å². The molecule has 1 aliphatic heterocycles. The van der Waals surface area contributed by atoms with Crippen molar-refractivity contribution in [2.24, 2.45) is 11.8 Å². The second-order valence-electron chi connectivity index (χ2n) is 9.73. The first-order valence-corrected chi connectivity index (χ1v) is 12.1. The van der Waals surface area contributed by atoms with Gasteiger partial charge in [0.15, 0.2) is 0 Å². The van der Waals surface area contributed by atoms with E-state index in [0.29, 0.717) is 19.0 Å². The summed E-state index contributed by atoms with van der Waals surface area (Å²) in [5, 5.41) is 6.31. The number of nitrogens with one attached hydrogen (secondary N) is 2. The van der Waals surface area contributed by atoms with E-state index in [1.165, 1.54) is 23.1 Å². The molecule has 1 saturated carbocycles. The van der Waals surface area contributed by atoms with Crippen molar-refractivity contribution in [3.8, 4) is 0 Å². The number of benzene rings is 2. The molecule has 2 fully saturated rings. The number of amides is 2. The molecule has 2 aliphatic carbocycles. The molecule has 0 aromatic heterocycles. The molecule has 168 valence electrons. The van der Waals surface area contributed by atoms with Gasteiger partial charge in [0, 0.05) is 31.4 Å². The Morgan fingerprint density at radius 3 is 2.44 bits per heavy atom. The number of fused-ring (bicyclic) bond motifs is 1. The van der Waals surface area contributed by atoms with Gasteiger partial charge < -0.3 is 15.5 Å². The number of anilines is 1. The zero-order chi connectivity index (χ0) is 21.9. The minimum Gasteiger partial charge on any atom is -0.353 e. The third-order valence-corrected chi connectivity index (χ3v) is 7.12. The molecule has 0 radical (unpaired) electrons. The average Bonchev–Trinajstić information content (AvgIpc) is 3.51. The zero-order valence-electron chi connectivity index (χ0n) is 18.7. The van der Waals surface area contributed by atoms with Crippen LogP contribution in [0.1, 0.15) is 42.4 Å². The number of carbonyl (C=O) groups excluding carboxylic acids is 2. The van der Waals surface area contributed by atoms with Crippen LogP contribution < -0.4 is 10.6 Å². The first-order chi connectivity index (χ1) is 15.6. The van der Waals surface area contributed by atoms with Gasteiger partial charge in [-0.1, -0.05) is 36.4 Å². The van der Waals surface area contributed by atoms with Crippen LogP contribution in [0.15, 0.2) is 48.5 Å². The second kappa shape index (κ2) is 9.45. The van der Waals surface area contributed by atoms with Gasteiger partial charge in [0.2, 0.25) is 11.8 Å². The van der Waals surface area contributed by atoms with Crippen LogP contribution in [0.25, 0.3) is 0 Å². The molecule has 0 bridgehead atoms. The van der Waals surface area contributed by atoms with Gasteiger partial charge in [-0.25, -0.2) is 0 Å². The Hall–Kier alpha value is -2.66. The number of hydrogen-bond donors (Lipinski definition) is 2. The van der Waals surface area contributed by atoms with Crippen LogP contribution in [0.2, 0.25) is 0 Å². The van der Waals surface area contributed by atoms with Gasteiger partial charge in [0.25, 0.3) is 0 Å². The quantitative estimate of drug-likeness (QED) is 0.705. The van der Waals surface area contributed by atoms with E-state index in [9.17, 15) is 9.59 Å². The number of nitrogens with zero attached hydrogens (tertiary/aromatic N) is 1. The molecule has 0 unspecified atom stereocenters. The van der Waals surface area contributed by atoms with E-state index in [1.54, 1.807) is 0 Å². The van der Waals surface area contributed by atoms with E-state index < -0.39 is 0 Å². The van der Waals surface area contributed by atoms with E-state index in [-0.39, 0.29) is 23.7 Å². The van der Waals surface area contributed by atoms with E-state index in [4.69, 9.17) is 0 Å². The third kappa shape index (κ3) is 5.21. The highest BCUT2D eigenvalue weighted by Gasteiger charge is 2.36. The van der Waals surface area contributed by atoms with E-state index in [1.807, 2.05) is 12.1 Å². The maximum absolute atomic E-state index is 13.2. The summed E-state index contributed by atoms with van der Waals surface area (Å²) < 4.78 is 0. The number of piperidine rings is 1. The third-order valence-electron chi connectivity index (χ3n) is 7.12. The zero-order valence-corrected chi connectivity index (χ0v) is 18.7. The fourth-order valence-electron chi connectivity index (χ4n) is 5.13. The topological polar surface area (TPSA) is 61.4 Å². The maximum atomic E-state index is 13.2. The molecule has 2 aromatic rings. The van der Waals surface area contributed by atoms with Crippen molar-refractivity contribution in [1.82, 2.24) is 10.2 Å². The molecule has 3 aliphatic rings. The monoisotopic (exact) mass is 431 g/mol. The Kier molecular flexibility index (Phi) is 6.26. The summed E-state index contributed by atoms with van der Waals surface area (Å²) in [6, 6.07) is 17.1. The van der Waals surface area contributed by atoms with Crippen LogP contribution >= 0.6 is 0 Å². The molecular weight excluding hydrogens is 398 g/mol. The number of hydrogen-bond acceptors (Lipinski definition) is 3. The summed E-state index contributed by atoms with van der Waals surface area (Å²) in [7, 11) is 0. The summed E-state index contributed by atoms with van der Waals surface area (Å²) in [5.74, 6) is -0.151. The highest BCUT2D eigenvalue weighted by atomic mass is 16.2. The molecule has 5 nitrogen and oxygen atoms in total. The highest BCUT2D eigenvalue weighted by molar-refractivity contribution is 5.93. The fourth-order valence-corrected chi connectivity index (χ4v) is 5.13. The van der Waals surface area contributed by atoms with Crippen LogP contribution in [0.5, 0.6) is 0 Å². The second-order valence-corrected chi connectivity index (χ2v) is 9.73. The lowest BCUT2D eigenvalue weighted by Crippen LogP contribution is -2.50. The Morgan fingerprint density at radius 1 is 0.906 bits per heavy atom. The first kappa shape index (κ1) is 21.2. The molecule has 5 heteroatoms. The molecule has 5 rings (SSSR count). The molecule has 2 aromatic carbocycles. The lowest BCUT2D eigenvalue weighted by Gasteiger charge is -2.36. The molecule has 2 amide bonds. The van der Waals surface area contributed by atoms with Gasteiger partial charge in [0.1, 0.15) is 0 Å². The highest BCUT2D eigenvalue weighted by Crippen LogP contribution is 2.28. The lowest BCUT2D eigenvalue weighted by atomic mass is 9.87. The number of rotatable bonds is 7. The van der Waals surface area contributed by atoms with Crippen molar-refractivity contribution in [2.45, 2.75) is 51.0 Å². The van der Waals surface area contributed by atoms with Crippen LogP contribution in [0, 0.1) is 11.8 Å². The summed E-state index contributed by atoms with van der Waals surface area (Å²) >= 11 is 0.